The van der Waals surface area contributed by atoms with Gasteiger partial charge in [0.2, 0.25) is 0 Å². The SMILES string of the molecule is C=Cc1ccccc1-c1nc2c(ccc3ccccc32)c(-c2cccc(-c3c4ccccc4cc4ccccc34)c2)c1C. The Labute approximate surface area is 251 Å². The molecule has 0 aliphatic heterocycles. The molecule has 1 aromatic heterocycles. The van der Waals surface area contributed by atoms with Crippen LogP contribution in [0.3, 0.4) is 0 Å². The topological polar surface area (TPSA) is 12.9 Å². The van der Waals surface area contributed by atoms with E-state index in [2.05, 4.69) is 153 Å². The number of rotatable bonds is 4. The van der Waals surface area contributed by atoms with Gasteiger partial charge in [-0.3, -0.25) is 0 Å². The molecule has 0 radical (unpaired) electrons. The third kappa shape index (κ3) is 4.05. The average molecular weight is 548 g/mol. The lowest BCUT2D eigenvalue weighted by atomic mass is 9.87. The summed E-state index contributed by atoms with van der Waals surface area (Å²) in [7, 11) is 0. The van der Waals surface area contributed by atoms with E-state index in [1.54, 1.807) is 0 Å². The summed E-state index contributed by atoms with van der Waals surface area (Å²) in [5.41, 5.74) is 10.3. The van der Waals surface area contributed by atoms with Gasteiger partial charge in [-0.05, 0) is 79.4 Å². The third-order valence-corrected chi connectivity index (χ3v) is 8.77. The van der Waals surface area contributed by atoms with E-state index in [0.29, 0.717) is 0 Å². The lowest BCUT2D eigenvalue weighted by molar-refractivity contribution is 1.33. The molecule has 0 aliphatic carbocycles. The zero-order valence-electron chi connectivity index (χ0n) is 24.0. The Hall–Kier alpha value is -5.53. The summed E-state index contributed by atoms with van der Waals surface area (Å²) in [6, 6.07) is 50.2. The van der Waals surface area contributed by atoms with Crippen molar-refractivity contribution >= 4 is 49.3 Å². The van der Waals surface area contributed by atoms with Gasteiger partial charge in [-0.1, -0.05) is 140 Å². The maximum atomic E-state index is 5.38. The predicted molar refractivity (Wildman–Crippen MR) is 185 cm³/mol. The first-order valence-corrected chi connectivity index (χ1v) is 14.8. The van der Waals surface area contributed by atoms with Crippen molar-refractivity contribution in [3.05, 3.63) is 157 Å². The molecule has 0 amide bonds. The zero-order chi connectivity index (χ0) is 28.9. The zero-order valence-corrected chi connectivity index (χ0v) is 24.0. The molecular formula is C42H29N. The van der Waals surface area contributed by atoms with Gasteiger partial charge in [0.25, 0.3) is 0 Å². The van der Waals surface area contributed by atoms with E-state index >= 15 is 0 Å². The highest BCUT2D eigenvalue weighted by atomic mass is 14.7. The van der Waals surface area contributed by atoms with Crippen LogP contribution >= 0.6 is 0 Å². The fraction of sp³-hybridized carbons (Fsp3) is 0.0238. The molecule has 0 N–H and O–H groups in total. The van der Waals surface area contributed by atoms with E-state index in [-0.39, 0.29) is 0 Å². The Balaban J connectivity index is 1.47. The predicted octanol–water partition coefficient (Wildman–Crippen LogP) is 11.6. The molecule has 7 aromatic carbocycles. The molecule has 1 heteroatoms. The van der Waals surface area contributed by atoms with Crippen molar-refractivity contribution < 1.29 is 0 Å². The first kappa shape index (κ1) is 25.2. The highest BCUT2D eigenvalue weighted by Crippen LogP contribution is 2.42. The molecule has 0 spiro atoms. The number of nitrogens with zero attached hydrogens (tertiary/aromatic N) is 1. The Morgan fingerprint density at radius 1 is 0.512 bits per heavy atom. The Bertz CT molecular complexity index is 2320. The van der Waals surface area contributed by atoms with Crippen LogP contribution in [0.5, 0.6) is 0 Å². The Kier molecular flexibility index (Phi) is 5.91. The number of pyridine rings is 1. The summed E-state index contributed by atoms with van der Waals surface area (Å²) >= 11 is 0. The van der Waals surface area contributed by atoms with Gasteiger partial charge >= 0.3 is 0 Å². The van der Waals surface area contributed by atoms with Crippen molar-refractivity contribution in [2.24, 2.45) is 0 Å². The Morgan fingerprint density at radius 3 is 1.84 bits per heavy atom. The van der Waals surface area contributed by atoms with Crippen LogP contribution in [0, 0.1) is 6.92 Å². The monoisotopic (exact) mass is 547 g/mol. The second-order valence-electron chi connectivity index (χ2n) is 11.2. The minimum atomic E-state index is 0.996. The molecule has 43 heavy (non-hydrogen) atoms. The highest BCUT2D eigenvalue weighted by Gasteiger charge is 2.19. The van der Waals surface area contributed by atoms with E-state index in [4.69, 9.17) is 4.98 Å². The van der Waals surface area contributed by atoms with Crippen molar-refractivity contribution in [2.45, 2.75) is 6.92 Å². The molecule has 0 aliphatic rings. The molecule has 0 atom stereocenters. The van der Waals surface area contributed by atoms with Crippen LogP contribution in [-0.2, 0) is 0 Å². The van der Waals surface area contributed by atoms with Gasteiger partial charge in [-0.15, -0.1) is 0 Å². The van der Waals surface area contributed by atoms with Crippen LogP contribution < -0.4 is 0 Å². The molecule has 1 heterocycles. The maximum absolute atomic E-state index is 5.38. The molecular weight excluding hydrogens is 518 g/mol. The summed E-state index contributed by atoms with van der Waals surface area (Å²) in [6.45, 7) is 6.32. The van der Waals surface area contributed by atoms with Gasteiger partial charge in [-0.25, -0.2) is 4.98 Å². The normalized spacial score (nSPS) is 11.5. The summed E-state index contributed by atoms with van der Waals surface area (Å²) in [4.78, 5) is 5.38. The molecule has 0 saturated carbocycles. The number of hydrogen-bond acceptors (Lipinski definition) is 1. The van der Waals surface area contributed by atoms with E-state index < -0.39 is 0 Å². The minimum absolute atomic E-state index is 0.996. The quantitative estimate of drug-likeness (QED) is 0.158. The highest BCUT2D eigenvalue weighted by molar-refractivity contribution is 6.14. The van der Waals surface area contributed by atoms with Crippen molar-refractivity contribution in [3.8, 4) is 33.5 Å². The fourth-order valence-electron chi connectivity index (χ4n) is 6.77. The molecule has 0 unspecified atom stereocenters. The van der Waals surface area contributed by atoms with E-state index in [9.17, 15) is 0 Å². The molecule has 1 nitrogen and oxygen atoms in total. The van der Waals surface area contributed by atoms with E-state index in [0.717, 1.165) is 38.7 Å². The van der Waals surface area contributed by atoms with Gasteiger partial charge in [0.1, 0.15) is 0 Å². The van der Waals surface area contributed by atoms with Gasteiger partial charge < -0.3 is 0 Å². The molecule has 0 fully saturated rings. The van der Waals surface area contributed by atoms with Crippen molar-refractivity contribution in [2.75, 3.05) is 0 Å². The lowest BCUT2D eigenvalue weighted by Crippen LogP contribution is -1.98. The second kappa shape index (κ2) is 10.1. The van der Waals surface area contributed by atoms with E-state index in [1.807, 2.05) is 6.08 Å². The van der Waals surface area contributed by atoms with Crippen LogP contribution in [-0.4, -0.2) is 4.98 Å². The van der Waals surface area contributed by atoms with E-state index in [1.165, 1.54) is 49.2 Å². The molecule has 8 aromatic rings. The standard InChI is InChI=1S/C42H29N/c1-3-28-13-4-10-21-36(28)41-27(2)39(38-24-23-29-14-5-11-22-37(29)42(38)43-41)32-17-12-18-33(26-32)40-34-19-8-6-15-30(34)25-31-16-7-9-20-35(31)40/h3-26H,1H2,2H3. The van der Waals surface area contributed by atoms with Gasteiger partial charge in [-0.2, -0.15) is 0 Å². The van der Waals surface area contributed by atoms with Gasteiger partial charge in [0.15, 0.2) is 0 Å². The van der Waals surface area contributed by atoms with Crippen LogP contribution in [0.15, 0.2) is 146 Å². The van der Waals surface area contributed by atoms with Crippen LogP contribution in [0.25, 0.3) is 82.8 Å². The molecule has 0 saturated heterocycles. The largest absolute Gasteiger partial charge is 0.247 e. The number of hydrogen-bond donors (Lipinski definition) is 0. The second-order valence-corrected chi connectivity index (χ2v) is 11.2. The smallest absolute Gasteiger partial charge is 0.0794 e. The van der Waals surface area contributed by atoms with Gasteiger partial charge in [0, 0.05) is 16.3 Å². The molecule has 202 valence electrons. The number of benzene rings is 7. The maximum Gasteiger partial charge on any atom is 0.0794 e. The van der Waals surface area contributed by atoms with Crippen molar-refractivity contribution in [1.82, 2.24) is 4.98 Å². The number of aromatic nitrogens is 1. The van der Waals surface area contributed by atoms with Crippen LogP contribution in [0.1, 0.15) is 11.1 Å². The minimum Gasteiger partial charge on any atom is -0.247 e. The lowest BCUT2D eigenvalue weighted by Gasteiger charge is -2.19. The van der Waals surface area contributed by atoms with Crippen molar-refractivity contribution in [1.29, 1.82) is 0 Å². The Morgan fingerprint density at radius 2 is 1.12 bits per heavy atom. The first-order chi connectivity index (χ1) is 21.2. The molecule has 0 bridgehead atoms. The summed E-state index contributed by atoms with van der Waals surface area (Å²) in [6.07, 6.45) is 1.93. The van der Waals surface area contributed by atoms with Crippen LogP contribution in [0.2, 0.25) is 0 Å². The van der Waals surface area contributed by atoms with Gasteiger partial charge in [0.05, 0.1) is 11.2 Å². The number of fused-ring (bicyclic) bond motifs is 5. The summed E-state index contributed by atoms with van der Waals surface area (Å²) in [5.74, 6) is 0. The summed E-state index contributed by atoms with van der Waals surface area (Å²) < 4.78 is 0. The first-order valence-electron chi connectivity index (χ1n) is 14.8. The average Bonchev–Trinajstić information content (AvgIpc) is 3.06. The summed E-state index contributed by atoms with van der Waals surface area (Å²) in [5, 5.41) is 8.55. The molecule has 8 rings (SSSR count). The van der Waals surface area contributed by atoms with Crippen LogP contribution in [0.4, 0.5) is 0 Å². The fourth-order valence-corrected chi connectivity index (χ4v) is 6.77. The third-order valence-electron chi connectivity index (χ3n) is 8.77. The van der Waals surface area contributed by atoms with Crippen molar-refractivity contribution in [3.63, 3.8) is 0 Å².